The number of amides is 2. The summed E-state index contributed by atoms with van der Waals surface area (Å²) in [5.41, 5.74) is 4.10. The van der Waals surface area contributed by atoms with Gasteiger partial charge in [0.25, 0.3) is 5.91 Å². The molecule has 0 aromatic heterocycles. The molecule has 0 saturated carbocycles. The number of nitrogens with one attached hydrogen (secondary N) is 1. The zero-order valence-corrected chi connectivity index (χ0v) is 24.0. The Morgan fingerprint density at radius 1 is 0.780 bits per heavy atom. The van der Waals surface area contributed by atoms with Crippen molar-refractivity contribution in [1.29, 1.82) is 0 Å². The van der Waals surface area contributed by atoms with E-state index >= 15 is 0 Å². The van der Waals surface area contributed by atoms with Crippen LogP contribution in [0.3, 0.4) is 0 Å². The Balaban J connectivity index is 1.45. The average molecular weight is 589 g/mol. The largest absolute Gasteiger partial charge is 0.378 e. The second-order valence-electron chi connectivity index (χ2n) is 9.90. The molecule has 4 aromatic rings. The van der Waals surface area contributed by atoms with Gasteiger partial charge in [0.05, 0.1) is 19.6 Å². The Bertz CT molecular complexity index is 1440. The van der Waals surface area contributed by atoms with Crippen molar-refractivity contribution in [2.24, 2.45) is 0 Å². The van der Waals surface area contributed by atoms with Crippen LogP contribution in [0.2, 0.25) is 10.0 Å². The average Bonchev–Trinajstić information content (AvgIpc) is 3.00. The monoisotopic (exact) mass is 587 g/mol. The molecule has 210 valence electrons. The maximum atomic E-state index is 14.0. The van der Waals surface area contributed by atoms with Crippen molar-refractivity contribution in [1.82, 2.24) is 4.90 Å². The molecular formula is C33H31Cl2N3O3. The highest BCUT2D eigenvalue weighted by molar-refractivity contribution is 6.30. The van der Waals surface area contributed by atoms with E-state index in [1.54, 1.807) is 41.3 Å². The molecule has 0 aliphatic carbocycles. The van der Waals surface area contributed by atoms with Crippen molar-refractivity contribution in [2.75, 3.05) is 36.5 Å². The summed E-state index contributed by atoms with van der Waals surface area (Å²) >= 11 is 12.3. The van der Waals surface area contributed by atoms with Crippen LogP contribution in [-0.4, -0.2) is 43.0 Å². The Morgan fingerprint density at radius 2 is 1.39 bits per heavy atom. The van der Waals surface area contributed by atoms with Crippen LogP contribution in [0.5, 0.6) is 0 Å². The van der Waals surface area contributed by atoms with E-state index in [0.717, 1.165) is 29.9 Å². The van der Waals surface area contributed by atoms with E-state index in [0.29, 0.717) is 34.5 Å². The molecule has 4 aromatic carbocycles. The minimum absolute atomic E-state index is 0.153. The minimum atomic E-state index is -0.905. The number of ether oxygens (including phenoxy) is 1. The van der Waals surface area contributed by atoms with Crippen LogP contribution in [0, 0.1) is 0 Å². The van der Waals surface area contributed by atoms with E-state index in [9.17, 15) is 9.59 Å². The molecule has 1 N–H and O–H groups in total. The first-order valence-electron chi connectivity index (χ1n) is 13.5. The van der Waals surface area contributed by atoms with Gasteiger partial charge in [-0.15, -0.1) is 0 Å². The van der Waals surface area contributed by atoms with Crippen LogP contribution in [-0.2, 0) is 27.3 Å². The van der Waals surface area contributed by atoms with E-state index in [-0.39, 0.29) is 24.8 Å². The van der Waals surface area contributed by atoms with Crippen molar-refractivity contribution >= 4 is 46.4 Å². The van der Waals surface area contributed by atoms with Gasteiger partial charge < -0.3 is 19.9 Å². The third-order valence-electron chi connectivity index (χ3n) is 7.04. The van der Waals surface area contributed by atoms with E-state index < -0.39 is 6.04 Å². The highest BCUT2D eigenvalue weighted by Gasteiger charge is 2.32. The third kappa shape index (κ3) is 7.67. The number of carbonyl (C=O) groups excluding carboxylic acids is 2. The van der Waals surface area contributed by atoms with Gasteiger partial charge in [-0.05, 0) is 65.2 Å². The van der Waals surface area contributed by atoms with E-state index in [2.05, 4.69) is 10.2 Å². The number of carbonyl (C=O) groups is 2. The SMILES string of the molecule is O=C(Nc1ccc(N2CCOCC2)cc1)C(c1ccc(Cl)cc1)N(Cc1ccc(Cl)cc1)C(=O)Cc1ccccc1. The van der Waals surface area contributed by atoms with Crippen LogP contribution in [0.4, 0.5) is 11.4 Å². The van der Waals surface area contributed by atoms with Gasteiger partial charge in [0, 0.05) is 41.1 Å². The first-order valence-corrected chi connectivity index (χ1v) is 14.3. The topological polar surface area (TPSA) is 61.9 Å². The van der Waals surface area contributed by atoms with E-state index in [1.165, 1.54) is 0 Å². The highest BCUT2D eigenvalue weighted by Crippen LogP contribution is 2.28. The molecule has 1 aliphatic rings. The lowest BCUT2D eigenvalue weighted by atomic mass is 10.0. The normalized spacial score (nSPS) is 13.9. The Hall–Kier alpha value is -3.84. The van der Waals surface area contributed by atoms with Crippen LogP contribution in [0.1, 0.15) is 22.7 Å². The molecule has 8 heteroatoms. The standard InChI is InChI=1S/C33H31Cl2N3O3/c34-27-10-6-25(7-11-27)23-38(31(39)22-24-4-2-1-3-5-24)32(26-8-12-28(35)13-9-26)33(40)36-29-14-16-30(17-15-29)37-18-20-41-21-19-37/h1-17,32H,18-23H2,(H,36,40). The number of benzene rings is 4. The first-order chi connectivity index (χ1) is 20.0. The molecule has 1 saturated heterocycles. The molecule has 0 radical (unpaired) electrons. The fourth-order valence-corrected chi connectivity index (χ4v) is 5.14. The predicted molar refractivity (Wildman–Crippen MR) is 164 cm³/mol. The lowest BCUT2D eigenvalue weighted by Crippen LogP contribution is -2.41. The molecule has 1 unspecified atom stereocenters. The second-order valence-corrected chi connectivity index (χ2v) is 10.8. The van der Waals surface area contributed by atoms with Crippen LogP contribution in [0.15, 0.2) is 103 Å². The maximum absolute atomic E-state index is 14.0. The Morgan fingerprint density at radius 3 is 2.02 bits per heavy atom. The smallest absolute Gasteiger partial charge is 0.251 e. The number of hydrogen-bond donors (Lipinski definition) is 1. The van der Waals surface area contributed by atoms with Crippen LogP contribution >= 0.6 is 23.2 Å². The van der Waals surface area contributed by atoms with E-state index in [1.807, 2.05) is 66.7 Å². The molecule has 1 heterocycles. The summed E-state index contributed by atoms with van der Waals surface area (Å²) in [4.78, 5) is 31.8. The minimum Gasteiger partial charge on any atom is -0.378 e. The molecule has 6 nitrogen and oxygen atoms in total. The number of morpholine rings is 1. The van der Waals surface area contributed by atoms with Gasteiger partial charge in [0.2, 0.25) is 5.91 Å². The molecular weight excluding hydrogens is 557 g/mol. The van der Waals surface area contributed by atoms with Gasteiger partial charge in [-0.3, -0.25) is 9.59 Å². The number of hydrogen-bond acceptors (Lipinski definition) is 4. The van der Waals surface area contributed by atoms with Crippen molar-refractivity contribution in [3.63, 3.8) is 0 Å². The van der Waals surface area contributed by atoms with Crippen molar-refractivity contribution in [3.05, 3.63) is 130 Å². The number of nitrogens with zero attached hydrogens (tertiary/aromatic N) is 2. The fraction of sp³-hybridized carbons (Fsp3) is 0.212. The van der Waals surface area contributed by atoms with Crippen molar-refractivity contribution < 1.29 is 14.3 Å². The van der Waals surface area contributed by atoms with Gasteiger partial charge >= 0.3 is 0 Å². The first kappa shape index (κ1) is 28.7. The molecule has 1 aliphatic heterocycles. The number of anilines is 2. The van der Waals surface area contributed by atoms with Crippen LogP contribution in [0.25, 0.3) is 0 Å². The molecule has 2 amide bonds. The quantitative estimate of drug-likeness (QED) is 0.234. The third-order valence-corrected chi connectivity index (χ3v) is 7.55. The summed E-state index contributed by atoms with van der Waals surface area (Å²) in [6.45, 7) is 3.27. The molecule has 41 heavy (non-hydrogen) atoms. The number of halogens is 2. The second kappa shape index (κ2) is 13.7. The Labute approximate surface area is 250 Å². The molecule has 0 bridgehead atoms. The van der Waals surface area contributed by atoms with Crippen molar-refractivity contribution in [2.45, 2.75) is 19.0 Å². The van der Waals surface area contributed by atoms with Gasteiger partial charge in [-0.25, -0.2) is 0 Å². The van der Waals surface area contributed by atoms with Crippen LogP contribution < -0.4 is 10.2 Å². The zero-order valence-electron chi connectivity index (χ0n) is 22.5. The lowest BCUT2D eigenvalue weighted by molar-refractivity contribution is -0.139. The van der Waals surface area contributed by atoms with Gasteiger partial charge in [-0.2, -0.15) is 0 Å². The summed E-state index contributed by atoms with van der Waals surface area (Å²) in [7, 11) is 0. The van der Waals surface area contributed by atoms with Crippen molar-refractivity contribution in [3.8, 4) is 0 Å². The van der Waals surface area contributed by atoms with Gasteiger partial charge in [-0.1, -0.05) is 77.8 Å². The maximum Gasteiger partial charge on any atom is 0.251 e. The number of rotatable bonds is 9. The summed E-state index contributed by atoms with van der Waals surface area (Å²) in [5, 5.41) is 4.20. The summed E-state index contributed by atoms with van der Waals surface area (Å²) in [6.07, 6.45) is 0.153. The molecule has 5 rings (SSSR count). The Kier molecular flexibility index (Phi) is 9.57. The summed E-state index contributed by atoms with van der Waals surface area (Å²) < 4.78 is 5.46. The zero-order chi connectivity index (χ0) is 28.6. The lowest BCUT2D eigenvalue weighted by Gasteiger charge is -2.32. The predicted octanol–water partition coefficient (Wildman–Crippen LogP) is 6.78. The molecule has 1 fully saturated rings. The molecule has 0 spiro atoms. The summed E-state index contributed by atoms with van der Waals surface area (Å²) in [5.74, 6) is -0.495. The van der Waals surface area contributed by atoms with Gasteiger partial charge in [0.15, 0.2) is 0 Å². The fourth-order valence-electron chi connectivity index (χ4n) is 4.89. The van der Waals surface area contributed by atoms with E-state index in [4.69, 9.17) is 27.9 Å². The highest BCUT2D eigenvalue weighted by atomic mass is 35.5. The summed E-state index contributed by atoms with van der Waals surface area (Å²) in [6, 6.07) is 30.7. The van der Waals surface area contributed by atoms with Gasteiger partial charge in [0.1, 0.15) is 6.04 Å². The molecule has 1 atom stereocenters.